The Balaban J connectivity index is 1.94. The van der Waals surface area contributed by atoms with E-state index >= 15 is 0 Å². The molecule has 1 amide bonds. The quantitative estimate of drug-likeness (QED) is 0.217. The van der Waals surface area contributed by atoms with Crippen molar-refractivity contribution < 1.29 is 44.3 Å². The number of hydrogen-bond donors (Lipinski definition) is 5. The predicted molar refractivity (Wildman–Crippen MR) is 125 cm³/mol. The van der Waals surface area contributed by atoms with E-state index in [1.54, 1.807) is 0 Å². The maximum Gasteiger partial charge on any atom is 0.330 e. The van der Waals surface area contributed by atoms with Crippen LogP contribution in [0.15, 0.2) is 35.1 Å². The Morgan fingerprint density at radius 1 is 1.19 bits per heavy atom. The SMILES string of the molecule is COC(=O)/C=C/c1ccc(O)c2c1C[C@H]1C[C@H]3[C@H](N(C)C)C(=O)C(C(N)=O)=C(O)[C@@]3(O)C(=O)C1=C2O. The summed E-state index contributed by atoms with van der Waals surface area (Å²) in [4.78, 5) is 51.9. The van der Waals surface area contributed by atoms with E-state index in [4.69, 9.17) is 5.73 Å². The number of aliphatic hydroxyl groups is 3. The summed E-state index contributed by atoms with van der Waals surface area (Å²) in [6.45, 7) is 0. The van der Waals surface area contributed by atoms with Crippen molar-refractivity contribution in [3.63, 3.8) is 0 Å². The van der Waals surface area contributed by atoms with Crippen molar-refractivity contribution in [1.29, 1.82) is 0 Å². The highest BCUT2D eigenvalue weighted by atomic mass is 16.5. The minimum Gasteiger partial charge on any atom is -0.508 e. The molecule has 1 aromatic rings. The highest BCUT2D eigenvalue weighted by molar-refractivity contribution is 6.24. The van der Waals surface area contributed by atoms with Gasteiger partial charge in [-0.1, -0.05) is 6.07 Å². The molecule has 0 spiro atoms. The van der Waals surface area contributed by atoms with E-state index in [0.717, 1.165) is 0 Å². The van der Waals surface area contributed by atoms with Crippen molar-refractivity contribution in [3.8, 4) is 5.75 Å². The minimum atomic E-state index is -2.69. The van der Waals surface area contributed by atoms with Crippen LogP contribution in [0.2, 0.25) is 0 Å². The van der Waals surface area contributed by atoms with Gasteiger partial charge in [0.15, 0.2) is 11.4 Å². The number of primary amides is 1. The van der Waals surface area contributed by atoms with Crippen LogP contribution < -0.4 is 5.73 Å². The number of Topliss-reactive ketones (excluding diaryl/α,β-unsaturated/α-hetero) is 2. The van der Waals surface area contributed by atoms with Gasteiger partial charge >= 0.3 is 5.97 Å². The Morgan fingerprint density at radius 3 is 2.44 bits per heavy atom. The molecule has 0 radical (unpaired) electrons. The molecule has 36 heavy (non-hydrogen) atoms. The number of fused-ring (bicyclic) bond motifs is 3. The monoisotopic (exact) mass is 498 g/mol. The first kappa shape index (κ1) is 25.1. The van der Waals surface area contributed by atoms with Gasteiger partial charge in [0.2, 0.25) is 5.78 Å². The summed E-state index contributed by atoms with van der Waals surface area (Å²) in [5.74, 6) is -7.77. The number of hydrogen-bond acceptors (Lipinski definition) is 10. The molecule has 3 aliphatic carbocycles. The molecule has 11 nitrogen and oxygen atoms in total. The second-order valence-electron chi connectivity index (χ2n) is 9.35. The Kier molecular flexibility index (Phi) is 6.01. The Hall–Kier alpha value is -3.96. The summed E-state index contributed by atoms with van der Waals surface area (Å²) in [6.07, 6.45) is 2.71. The first-order chi connectivity index (χ1) is 16.9. The molecular weight excluding hydrogens is 472 g/mol. The molecule has 0 bridgehead atoms. The zero-order chi connectivity index (χ0) is 26.7. The number of ketones is 2. The third-order valence-corrected chi connectivity index (χ3v) is 7.24. The molecule has 3 aliphatic rings. The number of esters is 1. The number of amides is 1. The Labute approximate surface area is 205 Å². The molecule has 0 aliphatic heterocycles. The number of carbonyl (C=O) groups excluding carboxylic acids is 4. The fourth-order valence-electron chi connectivity index (χ4n) is 5.65. The number of phenolic OH excluding ortho intramolecular Hbond substituents is 1. The van der Waals surface area contributed by atoms with Crippen LogP contribution in [0.1, 0.15) is 23.1 Å². The van der Waals surface area contributed by atoms with E-state index in [9.17, 15) is 39.6 Å². The van der Waals surface area contributed by atoms with Crippen LogP contribution in [-0.4, -0.2) is 81.6 Å². The van der Waals surface area contributed by atoms with E-state index in [-0.39, 0.29) is 29.7 Å². The topological polar surface area (TPSA) is 188 Å². The number of aromatic hydroxyl groups is 1. The smallest absolute Gasteiger partial charge is 0.330 e. The standard InChI is InChI=1S/C25H26N2O9/c1-27(2)19-13-9-11-8-12-10(5-7-15(29)36-3)4-6-14(28)17(12)20(30)16(11)22(32)25(13,35)23(33)18(21(19)31)24(26)34/h4-7,11,13,19,28,30,33,35H,8-9H2,1-3H3,(H2,26,34)/b7-5+/t11-,13-,19-,25-/m0/s1. The average molecular weight is 498 g/mol. The molecule has 0 aromatic heterocycles. The third kappa shape index (κ3) is 3.42. The molecule has 6 N–H and O–H groups in total. The van der Waals surface area contributed by atoms with Crippen LogP contribution in [0.25, 0.3) is 11.8 Å². The number of rotatable bonds is 4. The molecule has 1 aromatic carbocycles. The summed E-state index contributed by atoms with van der Waals surface area (Å²) < 4.78 is 4.61. The first-order valence-electron chi connectivity index (χ1n) is 11.1. The highest BCUT2D eigenvalue weighted by Gasteiger charge is 2.64. The minimum absolute atomic E-state index is 0.0262. The molecule has 1 fully saturated rings. The van der Waals surface area contributed by atoms with Gasteiger partial charge in [-0.15, -0.1) is 0 Å². The molecule has 0 saturated heterocycles. The molecule has 4 rings (SSSR count). The summed E-state index contributed by atoms with van der Waals surface area (Å²) in [5.41, 5.74) is 2.37. The maximum atomic E-state index is 13.7. The molecule has 4 atom stereocenters. The summed E-state index contributed by atoms with van der Waals surface area (Å²) in [7, 11) is 4.27. The second-order valence-corrected chi connectivity index (χ2v) is 9.35. The van der Waals surface area contributed by atoms with Crippen molar-refractivity contribution >= 4 is 35.3 Å². The number of nitrogens with zero attached hydrogens (tertiary/aromatic N) is 1. The fourth-order valence-corrected chi connectivity index (χ4v) is 5.65. The highest BCUT2D eigenvalue weighted by Crippen LogP contribution is 2.53. The lowest BCUT2D eigenvalue weighted by atomic mass is 9.57. The number of aliphatic hydroxyl groups excluding tert-OH is 2. The van der Waals surface area contributed by atoms with E-state index in [0.29, 0.717) is 11.1 Å². The van der Waals surface area contributed by atoms with Crippen LogP contribution in [0, 0.1) is 11.8 Å². The van der Waals surface area contributed by atoms with Crippen molar-refractivity contribution in [3.05, 3.63) is 51.8 Å². The number of carbonyl (C=O) groups is 4. The van der Waals surface area contributed by atoms with Crippen LogP contribution in [0.3, 0.4) is 0 Å². The first-order valence-corrected chi connectivity index (χ1v) is 11.1. The van der Waals surface area contributed by atoms with Gasteiger partial charge < -0.3 is 30.9 Å². The van der Waals surface area contributed by atoms with Gasteiger partial charge in [-0.05, 0) is 56.1 Å². The number of benzene rings is 1. The van der Waals surface area contributed by atoms with Crippen molar-refractivity contribution in [2.24, 2.45) is 17.6 Å². The Bertz CT molecular complexity index is 1310. The van der Waals surface area contributed by atoms with Crippen LogP contribution in [-0.2, 0) is 30.3 Å². The third-order valence-electron chi connectivity index (χ3n) is 7.24. The largest absolute Gasteiger partial charge is 0.508 e. The molecule has 190 valence electrons. The van der Waals surface area contributed by atoms with Crippen LogP contribution in [0.4, 0.5) is 0 Å². The summed E-state index contributed by atoms with van der Waals surface area (Å²) >= 11 is 0. The van der Waals surface area contributed by atoms with Crippen molar-refractivity contribution in [2.45, 2.75) is 24.5 Å². The average Bonchev–Trinajstić information content (AvgIpc) is 2.80. The molecule has 0 unspecified atom stereocenters. The zero-order valence-corrected chi connectivity index (χ0v) is 19.8. The number of phenols is 1. The maximum absolute atomic E-state index is 13.7. The molecule has 1 saturated carbocycles. The van der Waals surface area contributed by atoms with E-state index in [2.05, 4.69) is 4.74 Å². The predicted octanol–water partition coefficient (Wildman–Crippen LogP) is 0.150. The lowest BCUT2D eigenvalue weighted by molar-refractivity contribution is -0.153. The van der Waals surface area contributed by atoms with Crippen molar-refractivity contribution in [1.82, 2.24) is 4.90 Å². The number of likely N-dealkylation sites (N-methyl/N-ethyl adjacent to an activating group) is 1. The number of methoxy groups -OCH3 is 1. The van der Waals surface area contributed by atoms with Gasteiger partial charge in [-0.2, -0.15) is 0 Å². The van der Waals surface area contributed by atoms with E-state index in [1.807, 2.05) is 0 Å². The van der Waals surface area contributed by atoms with Gasteiger partial charge in [-0.3, -0.25) is 19.3 Å². The molecule has 11 heteroatoms. The normalized spacial score (nSPS) is 27.8. The van der Waals surface area contributed by atoms with Gasteiger partial charge in [0, 0.05) is 17.6 Å². The zero-order valence-electron chi connectivity index (χ0n) is 19.8. The van der Waals surface area contributed by atoms with Gasteiger partial charge in [0.05, 0.1) is 18.7 Å². The van der Waals surface area contributed by atoms with E-state index in [1.165, 1.54) is 50.4 Å². The molecular formula is C25H26N2O9. The fraction of sp³-hybridized carbons (Fsp3) is 0.360. The number of ether oxygens (including phenoxy) is 1. The summed E-state index contributed by atoms with van der Waals surface area (Å²) in [5, 5.41) is 44.0. The van der Waals surface area contributed by atoms with Crippen LogP contribution in [0.5, 0.6) is 5.75 Å². The second kappa shape index (κ2) is 8.61. The van der Waals surface area contributed by atoms with Gasteiger partial charge in [0.1, 0.15) is 22.8 Å². The number of nitrogens with two attached hydrogens (primary N) is 1. The lowest BCUT2D eigenvalue weighted by Gasteiger charge is -2.50. The van der Waals surface area contributed by atoms with Gasteiger partial charge in [-0.25, -0.2) is 4.79 Å². The van der Waals surface area contributed by atoms with Gasteiger partial charge in [0.25, 0.3) is 5.91 Å². The summed E-state index contributed by atoms with van der Waals surface area (Å²) in [6, 6.07) is 1.65. The van der Waals surface area contributed by atoms with E-state index < -0.39 is 64.0 Å². The van der Waals surface area contributed by atoms with Crippen LogP contribution >= 0.6 is 0 Å². The Morgan fingerprint density at radius 2 is 1.86 bits per heavy atom. The molecule has 0 heterocycles. The van der Waals surface area contributed by atoms with Crippen molar-refractivity contribution in [2.75, 3.05) is 21.2 Å². The lowest BCUT2D eigenvalue weighted by Crippen LogP contribution is -2.65.